The Bertz CT molecular complexity index is 1390. The number of allylic oxidation sites excluding steroid dienone is 5. The lowest BCUT2D eigenvalue weighted by Crippen LogP contribution is -2.69. The van der Waals surface area contributed by atoms with E-state index >= 15 is 0 Å². The van der Waals surface area contributed by atoms with Gasteiger partial charge in [-0.25, -0.2) is 4.39 Å². The summed E-state index contributed by atoms with van der Waals surface area (Å²) in [4.78, 5) is 11.9. The molecule has 6 aliphatic carbocycles. The zero-order valence-corrected chi connectivity index (χ0v) is 30.2. The van der Waals surface area contributed by atoms with Gasteiger partial charge in [-0.05, 0) is 146 Å². The molecule has 0 bridgehead atoms. The van der Waals surface area contributed by atoms with E-state index in [4.69, 9.17) is 5.73 Å². The monoisotopic (exact) mass is 676 g/mol. The topological polar surface area (TPSA) is 75.3 Å². The molecule has 6 rings (SSSR count). The lowest BCUT2D eigenvalue weighted by atomic mass is 9.33. The summed E-state index contributed by atoms with van der Waals surface area (Å²) in [5, 5.41) is 13.0. The first-order valence-electron chi connectivity index (χ1n) is 18.7. The summed E-state index contributed by atoms with van der Waals surface area (Å²) in [6.45, 7) is 17.5. The van der Waals surface area contributed by atoms with Gasteiger partial charge in [-0.1, -0.05) is 58.9 Å². The van der Waals surface area contributed by atoms with E-state index < -0.39 is 42.4 Å². The minimum atomic E-state index is -4.38. The van der Waals surface area contributed by atoms with Crippen LogP contribution in [0, 0.1) is 56.7 Å². The number of hydrogen-bond donors (Lipinski definition) is 3. The van der Waals surface area contributed by atoms with Gasteiger partial charge in [-0.2, -0.15) is 13.2 Å². The molecule has 0 saturated heterocycles. The van der Waals surface area contributed by atoms with Crippen LogP contribution in [0.2, 0.25) is 0 Å². The molecule has 0 amide bonds. The maximum absolute atomic E-state index is 14.2. The Kier molecular flexibility index (Phi) is 8.79. The number of nitrogens with one attached hydrogen (secondary N) is 1. The van der Waals surface area contributed by atoms with Crippen molar-refractivity contribution in [2.24, 2.45) is 62.4 Å². The summed E-state index contributed by atoms with van der Waals surface area (Å²) >= 11 is 0. The molecule has 270 valence electrons. The van der Waals surface area contributed by atoms with E-state index in [1.165, 1.54) is 11.1 Å². The Balaban J connectivity index is 1.32. The van der Waals surface area contributed by atoms with E-state index in [1.807, 2.05) is 6.08 Å². The van der Waals surface area contributed by atoms with Gasteiger partial charge in [-0.15, -0.1) is 0 Å². The predicted molar refractivity (Wildman–Crippen MR) is 183 cm³/mol. The highest BCUT2D eigenvalue weighted by Crippen LogP contribution is 2.76. The third-order valence-electron chi connectivity index (χ3n) is 16.4. The van der Waals surface area contributed by atoms with Crippen LogP contribution in [0.15, 0.2) is 35.5 Å². The van der Waals surface area contributed by atoms with Crippen LogP contribution in [0.3, 0.4) is 0 Å². The molecule has 0 heterocycles. The van der Waals surface area contributed by atoms with Gasteiger partial charge in [0.05, 0.1) is 5.41 Å². The Hall–Kier alpha value is -1.67. The fourth-order valence-electron chi connectivity index (χ4n) is 13.7. The van der Waals surface area contributed by atoms with E-state index in [2.05, 4.69) is 59.5 Å². The summed E-state index contributed by atoms with van der Waals surface area (Å²) in [6, 6.07) is -1.70. The van der Waals surface area contributed by atoms with Crippen LogP contribution in [0.25, 0.3) is 0 Å². The maximum atomic E-state index is 14.2. The Morgan fingerprint density at radius 2 is 1.69 bits per heavy atom. The minimum absolute atomic E-state index is 0.000781. The van der Waals surface area contributed by atoms with E-state index in [1.54, 1.807) is 0 Å². The smallest absolute Gasteiger partial charge is 0.405 e. The van der Waals surface area contributed by atoms with Gasteiger partial charge in [-0.3, -0.25) is 10.1 Å². The van der Waals surface area contributed by atoms with Crippen molar-refractivity contribution in [3.63, 3.8) is 0 Å². The minimum Gasteiger partial charge on any atom is -0.481 e. The largest absolute Gasteiger partial charge is 0.481 e. The number of carboxylic acids is 1. The van der Waals surface area contributed by atoms with Crippen molar-refractivity contribution in [3.8, 4) is 0 Å². The molecule has 0 aromatic carbocycles. The van der Waals surface area contributed by atoms with E-state index in [-0.39, 0.29) is 39.9 Å². The highest BCUT2D eigenvalue weighted by molar-refractivity contribution is 5.75. The fraction of sp³-hybridized carbons (Fsp3) is 0.825. The summed E-state index contributed by atoms with van der Waals surface area (Å²) in [6.07, 6.45) is 9.79. The molecule has 8 heteroatoms. The lowest BCUT2D eigenvalue weighted by molar-refractivity contribution is -0.225. The number of rotatable bonds is 7. The molecule has 0 aliphatic heterocycles. The van der Waals surface area contributed by atoms with Crippen LogP contribution in [0.5, 0.6) is 0 Å². The average Bonchev–Trinajstić information content (AvgIpc) is 3.39. The molecule has 4 fully saturated rings. The second-order valence-electron chi connectivity index (χ2n) is 18.5. The van der Waals surface area contributed by atoms with Crippen molar-refractivity contribution in [1.29, 1.82) is 0 Å². The van der Waals surface area contributed by atoms with Gasteiger partial charge in [0, 0.05) is 12.1 Å². The van der Waals surface area contributed by atoms with Crippen molar-refractivity contribution in [3.05, 3.63) is 35.5 Å². The van der Waals surface area contributed by atoms with Crippen LogP contribution >= 0.6 is 0 Å². The number of carbonyl (C=O) groups is 1. The van der Waals surface area contributed by atoms with Gasteiger partial charge in [0.2, 0.25) is 0 Å². The van der Waals surface area contributed by atoms with E-state index in [0.29, 0.717) is 30.6 Å². The number of aliphatic carboxylic acids is 1. The number of nitrogens with two attached hydrogens (primary N) is 1. The fourth-order valence-corrected chi connectivity index (χ4v) is 13.7. The number of hydrogen-bond acceptors (Lipinski definition) is 3. The standard InChI is InChI=1S/C40H60F4N2O2/c1-24(2)26-12-19-39(46-31(22-45)40(42,43)44)21-20-36(6)28(32(26)39)8-9-30-35(5)15-13-27(34(3,4)29(35)14-16-37(30,36)7)25-10-17-38(23-41,18-11-25)33(47)48/h10,13,26,28-32,46H,1,8-9,11-12,14-23,45H2,2-7H3,(H,47,48)/t26-,28+,29-,30+,31?,32+,35-,36+,37+,38?,39-/m0/s1. The molecular formula is C40H60F4N2O2. The van der Waals surface area contributed by atoms with Crippen LogP contribution < -0.4 is 11.1 Å². The van der Waals surface area contributed by atoms with Crippen LogP contribution in [0.4, 0.5) is 17.6 Å². The maximum Gasteiger partial charge on any atom is 0.405 e. The molecule has 11 atom stereocenters. The highest BCUT2D eigenvalue weighted by atomic mass is 19.4. The average molecular weight is 677 g/mol. The molecule has 48 heavy (non-hydrogen) atoms. The summed E-state index contributed by atoms with van der Waals surface area (Å²) in [5.41, 5.74) is 7.54. The van der Waals surface area contributed by atoms with Crippen molar-refractivity contribution >= 4 is 5.97 Å². The first kappa shape index (κ1) is 36.1. The second-order valence-corrected chi connectivity index (χ2v) is 18.5. The van der Waals surface area contributed by atoms with Crippen molar-refractivity contribution < 1.29 is 27.5 Å². The molecule has 4 saturated carbocycles. The molecule has 4 nitrogen and oxygen atoms in total. The van der Waals surface area contributed by atoms with Crippen LogP contribution in [-0.4, -0.2) is 42.1 Å². The van der Waals surface area contributed by atoms with E-state index in [0.717, 1.165) is 63.4 Å². The van der Waals surface area contributed by atoms with Crippen molar-refractivity contribution in [2.45, 2.75) is 136 Å². The van der Waals surface area contributed by atoms with Crippen molar-refractivity contribution in [2.75, 3.05) is 13.2 Å². The zero-order chi connectivity index (χ0) is 35.3. The zero-order valence-electron chi connectivity index (χ0n) is 30.2. The second kappa shape index (κ2) is 11.7. The quantitative estimate of drug-likeness (QED) is 0.186. The summed E-state index contributed by atoms with van der Waals surface area (Å²) < 4.78 is 56.4. The van der Waals surface area contributed by atoms with Gasteiger partial charge in [0.1, 0.15) is 12.7 Å². The van der Waals surface area contributed by atoms with Gasteiger partial charge in [0.15, 0.2) is 0 Å². The third kappa shape index (κ3) is 4.98. The molecule has 0 aromatic heterocycles. The van der Waals surface area contributed by atoms with Gasteiger partial charge >= 0.3 is 12.1 Å². The molecule has 4 N–H and O–H groups in total. The summed E-state index contributed by atoms with van der Waals surface area (Å²) in [7, 11) is 0. The first-order chi connectivity index (χ1) is 22.3. The Morgan fingerprint density at radius 3 is 2.25 bits per heavy atom. The van der Waals surface area contributed by atoms with E-state index in [9.17, 15) is 27.5 Å². The molecule has 6 aliphatic rings. The SMILES string of the molecule is C=C(C)[C@@H]1CC[C@]2(NC(CN)C(F)(F)F)CC[C@]3(C)[C@H](CC[C@@H]4[C@@]5(C)CC=C(C6=CCC(CF)(C(=O)O)CC6)C(C)(C)[C@@H]5CC[C@]43C)[C@@H]12. The van der Waals surface area contributed by atoms with Crippen molar-refractivity contribution in [1.82, 2.24) is 5.32 Å². The molecule has 2 unspecified atom stereocenters. The van der Waals surface area contributed by atoms with Crippen LogP contribution in [0.1, 0.15) is 119 Å². The number of alkyl halides is 4. The van der Waals surface area contributed by atoms with Gasteiger partial charge in [0.25, 0.3) is 0 Å². The number of halogens is 4. The Morgan fingerprint density at radius 1 is 0.979 bits per heavy atom. The summed E-state index contributed by atoms with van der Waals surface area (Å²) in [5.74, 6) is 0.543. The van der Waals surface area contributed by atoms with Crippen LogP contribution in [-0.2, 0) is 4.79 Å². The predicted octanol–water partition coefficient (Wildman–Crippen LogP) is 9.56. The number of carboxylic acid groups (broad SMARTS) is 1. The highest BCUT2D eigenvalue weighted by Gasteiger charge is 2.71. The molecule has 0 aromatic rings. The molecule has 0 radical (unpaired) electrons. The third-order valence-corrected chi connectivity index (χ3v) is 16.4. The molecule has 0 spiro atoms. The Labute approximate surface area is 285 Å². The first-order valence-corrected chi connectivity index (χ1v) is 18.7. The van der Waals surface area contributed by atoms with Gasteiger partial charge < -0.3 is 10.8 Å². The molecular weight excluding hydrogens is 616 g/mol. The lowest BCUT2D eigenvalue weighted by Gasteiger charge is -2.72. The number of fused-ring (bicyclic) bond motifs is 7. The normalized spacial score (nSPS) is 45.9.